The molecule has 0 aromatic heterocycles. The Morgan fingerprint density at radius 3 is 2.00 bits per heavy atom. The van der Waals surface area contributed by atoms with E-state index in [1.54, 1.807) is 0 Å². The first-order chi connectivity index (χ1) is 6.70. The van der Waals surface area contributed by atoms with Crippen LogP contribution in [-0.2, 0) is 4.79 Å². The maximum Gasteiger partial charge on any atom is 0.138 e. The smallest absolute Gasteiger partial charge is 0.138 e. The second-order valence-electron chi connectivity index (χ2n) is 5.78. The van der Waals surface area contributed by atoms with Crippen LogP contribution in [0.1, 0.15) is 54.4 Å². The SMILES string of the molecule is CCC(CC(O)C(C)(C)C)C(=O)C(C)C. The topological polar surface area (TPSA) is 37.3 Å². The summed E-state index contributed by atoms with van der Waals surface area (Å²) in [6.07, 6.45) is 1.02. The van der Waals surface area contributed by atoms with Gasteiger partial charge in [-0.15, -0.1) is 0 Å². The minimum atomic E-state index is -0.398. The second-order valence-corrected chi connectivity index (χ2v) is 5.78. The molecule has 2 nitrogen and oxygen atoms in total. The lowest BCUT2D eigenvalue weighted by molar-refractivity contribution is -0.127. The lowest BCUT2D eigenvalue weighted by atomic mass is 9.80. The summed E-state index contributed by atoms with van der Waals surface area (Å²) in [7, 11) is 0. The average Bonchev–Trinajstić information content (AvgIpc) is 2.10. The number of aliphatic hydroxyl groups is 1. The number of carbonyl (C=O) groups excluding carboxylic acids is 1. The summed E-state index contributed by atoms with van der Waals surface area (Å²) in [5.41, 5.74) is -0.134. The van der Waals surface area contributed by atoms with Crippen molar-refractivity contribution in [3.8, 4) is 0 Å². The van der Waals surface area contributed by atoms with Gasteiger partial charge in [0.2, 0.25) is 0 Å². The van der Waals surface area contributed by atoms with Gasteiger partial charge in [-0.1, -0.05) is 41.5 Å². The Bertz CT molecular complexity index is 201. The van der Waals surface area contributed by atoms with Crippen LogP contribution in [0.4, 0.5) is 0 Å². The van der Waals surface area contributed by atoms with Gasteiger partial charge in [-0.3, -0.25) is 4.79 Å². The van der Waals surface area contributed by atoms with Crippen LogP contribution >= 0.6 is 0 Å². The first-order valence-corrected chi connectivity index (χ1v) is 5.91. The summed E-state index contributed by atoms with van der Waals surface area (Å²) < 4.78 is 0. The van der Waals surface area contributed by atoms with E-state index >= 15 is 0 Å². The maximum absolute atomic E-state index is 11.8. The molecule has 2 heteroatoms. The second kappa shape index (κ2) is 5.64. The van der Waals surface area contributed by atoms with Crippen LogP contribution in [0.15, 0.2) is 0 Å². The van der Waals surface area contributed by atoms with Gasteiger partial charge in [0.25, 0.3) is 0 Å². The van der Waals surface area contributed by atoms with Gasteiger partial charge < -0.3 is 5.11 Å². The molecule has 1 N–H and O–H groups in total. The Morgan fingerprint density at radius 1 is 1.27 bits per heavy atom. The zero-order valence-electron chi connectivity index (χ0n) is 11.0. The molecule has 0 aromatic carbocycles. The normalized spacial score (nSPS) is 16.5. The molecule has 0 aliphatic rings. The highest BCUT2D eigenvalue weighted by Gasteiger charge is 2.28. The van der Waals surface area contributed by atoms with E-state index in [0.717, 1.165) is 6.42 Å². The van der Waals surface area contributed by atoms with Crippen molar-refractivity contribution in [1.82, 2.24) is 0 Å². The number of ketones is 1. The van der Waals surface area contributed by atoms with Crippen LogP contribution in [0.5, 0.6) is 0 Å². The van der Waals surface area contributed by atoms with Crippen molar-refractivity contribution < 1.29 is 9.90 Å². The lowest BCUT2D eigenvalue weighted by Gasteiger charge is -2.29. The molecule has 0 aromatic rings. The molecule has 0 aliphatic carbocycles. The van der Waals surface area contributed by atoms with Gasteiger partial charge in [0, 0.05) is 11.8 Å². The van der Waals surface area contributed by atoms with Crippen LogP contribution < -0.4 is 0 Å². The molecule has 0 bridgehead atoms. The van der Waals surface area contributed by atoms with Gasteiger partial charge in [-0.05, 0) is 18.3 Å². The molecular weight excluding hydrogens is 188 g/mol. The third kappa shape index (κ3) is 4.78. The molecule has 90 valence electrons. The molecule has 0 aliphatic heterocycles. The van der Waals surface area contributed by atoms with Gasteiger partial charge in [-0.2, -0.15) is 0 Å². The van der Waals surface area contributed by atoms with Crippen LogP contribution in [0, 0.1) is 17.3 Å². The summed E-state index contributed by atoms with van der Waals surface area (Å²) in [4.78, 5) is 11.8. The summed E-state index contributed by atoms with van der Waals surface area (Å²) in [6.45, 7) is 11.9. The molecule has 0 spiro atoms. The average molecular weight is 214 g/mol. The van der Waals surface area contributed by atoms with Gasteiger partial charge >= 0.3 is 0 Å². The van der Waals surface area contributed by atoms with E-state index in [1.165, 1.54) is 0 Å². The zero-order valence-corrected chi connectivity index (χ0v) is 11.0. The molecule has 0 amide bonds. The third-order valence-corrected chi connectivity index (χ3v) is 2.97. The Labute approximate surface area is 94.1 Å². The van der Waals surface area contributed by atoms with Crippen molar-refractivity contribution in [1.29, 1.82) is 0 Å². The standard InChI is InChI=1S/C13H26O2/c1-7-10(12(15)9(2)3)8-11(14)13(4,5)6/h9-11,14H,7-8H2,1-6H3. The van der Waals surface area contributed by atoms with E-state index in [1.807, 2.05) is 41.5 Å². The van der Waals surface area contributed by atoms with Crippen molar-refractivity contribution in [2.45, 2.75) is 60.5 Å². The summed E-state index contributed by atoms with van der Waals surface area (Å²) in [6, 6.07) is 0. The van der Waals surface area contributed by atoms with Crippen molar-refractivity contribution in [2.24, 2.45) is 17.3 Å². The van der Waals surface area contributed by atoms with E-state index in [0.29, 0.717) is 6.42 Å². The van der Waals surface area contributed by atoms with Crippen LogP contribution in [-0.4, -0.2) is 17.0 Å². The Kier molecular flexibility index (Phi) is 5.50. The van der Waals surface area contributed by atoms with E-state index < -0.39 is 6.10 Å². The predicted molar refractivity (Wildman–Crippen MR) is 63.7 cm³/mol. The Hall–Kier alpha value is -0.370. The number of aliphatic hydroxyl groups excluding tert-OH is 1. The first kappa shape index (κ1) is 14.6. The number of hydrogen-bond acceptors (Lipinski definition) is 2. The van der Waals surface area contributed by atoms with E-state index in [4.69, 9.17) is 0 Å². The van der Waals surface area contributed by atoms with Crippen molar-refractivity contribution in [3.63, 3.8) is 0 Å². The van der Waals surface area contributed by atoms with Crippen LogP contribution in [0.3, 0.4) is 0 Å². The molecule has 0 fully saturated rings. The maximum atomic E-state index is 11.8. The predicted octanol–water partition coefficient (Wildman–Crippen LogP) is 3.03. The van der Waals surface area contributed by atoms with Crippen molar-refractivity contribution >= 4 is 5.78 Å². The van der Waals surface area contributed by atoms with Gasteiger partial charge in [-0.25, -0.2) is 0 Å². The minimum absolute atomic E-state index is 0.0132. The monoisotopic (exact) mass is 214 g/mol. The first-order valence-electron chi connectivity index (χ1n) is 5.91. The molecule has 15 heavy (non-hydrogen) atoms. The fourth-order valence-corrected chi connectivity index (χ4v) is 1.58. The Morgan fingerprint density at radius 2 is 1.73 bits per heavy atom. The number of rotatable bonds is 5. The largest absolute Gasteiger partial charge is 0.393 e. The third-order valence-electron chi connectivity index (χ3n) is 2.97. The van der Waals surface area contributed by atoms with E-state index in [2.05, 4.69) is 0 Å². The van der Waals surface area contributed by atoms with E-state index in [9.17, 15) is 9.90 Å². The molecule has 0 heterocycles. The number of Topliss-reactive ketones (excluding diaryl/α,β-unsaturated/α-hetero) is 1. The molecule has 2 unspecified atom stereocenters. The lowest BCUT2D eigenvalue weighted by Crippen LogP contribution is -2.32. The van der Waals surface area contributed by atoms with Crippen LogP contribution in [0.25, 0.3) is 0 Å². The fraction of sp³-hybridized carbons (Fsp3) is 0.923. The highest BCUT2D eigenvalue weighted by atomic mass is 16.3. The molecule has 0 saturated carbocycles. The fourth-order valence-electron chi connectivity index (χ4n) is 1.58. The summed E-state index contributed by atoms with van der Waals surface area (Å²) in [5, 5.41) is 9.97. The molecule has 0 saturated heterocycles. The van der Waals surface area contributed by atoms with Gasteiger partial charge in [0.1, 0.15) is 5.78 Å². The highest BCUT2D eigenvalue weighted by molar-refractivity contribution is 5.82. The quantitative estimate of drug-likeness (QED) is 0.763. The van der Waals surface area contributed by atoms with E-state index in [-0.39, 0.29) is 23.0 Å². The summed E-state index contributed by atoms with van der Waals surface area (Å²) in [5.74, 6) is 0.363. The Balaban J connectivity index is 4.41. The molecular formula is C13H26O2. The van der Waals surface area contributed by atoms with Gasteiger partial charge in [0.05, 0.1) is 6.10 Å². The minimum Gasteiger partial charge on any atom is -0.393 e. The summed E-state index contributed by atoms with van der Waals surface area (Å²) >= 11 is 0. The number of hydrogen-bond donors (Lipinski definition) is 1. The van der Waals surface area contributed by atoms with Crippen LogP contribution in [0.2, 0.25) is 0 Å². The molecule has 2 atom stereocenters. The van der Waals surface area contributed by atoms with Gasteiger partial charge in [0.15, 0.2) is 0 Å². The van der Waals surface area contributed by atoms with Crippen molar-refractivity contribution in [2.75, 3.05) is 0 Å². The zero-order chi connectivity index (χ0) is 12.2. The van der Waals surface area contributed by atoms with Crippen molar-refractivity contribution in [3.05, 3.63) is 0 Å². The molecule has 0 rings (SSSR count). The highest BCUT2D eigenvalue weighted by Crippen LogP contribution is 2.27. The molecule has 0 radical (unpaired) electrons. The number of carbonyl (C=O) groups is 1.